The highest BCUT2D eigenvalue weighted by Gasteiger charge is 2.22. The molecule has 0 N–H and O–H groups in total. The van der Waals surface area contributed by atoms with Gasteiger partial charge in [0, 0.05) is 25.6 Å². The van der Waals surface area contributed by atoms with Crippen molar-refractivity contribution in [1.82, 2.24) is 14.5 Å². The van der Waals surface area contributed by atoms with Crippen LogP contribution in [0.4, 0.5) is 5.13 Å². The number of methoxy groups -OCH3 is 1. The number of thiazole rings is 1. The van der Waals surface area contributed by atoms with E-state index in [1.807, 2.05) is 28.8 Å². The number of aryl methyl sites for hydroxylation is 1. The summed E-state index contributed by atoms with van der Waals surface area (Å²) < 4.78 is 8.09. The van der Waals surface area contributed by atoms with Crippen LogP contribution in [0.5, 0.6) is 0 Å². The van der Waals surface area contributed by atoms with Crippen LogP contribution in [-0.4, -0.2) is 40.7 Å². The molecule has 170 valence electrons. The van der Waals surface area contributed by atoms with Gasteiger partial charge < -0.3 is 4.74 Å². The lowest BCUT2D eigenvalue weighted by atomic mass is 10.1. The second-order valence-corrected chi connectivity index (χ2v) is 9.30. The lowest BCUT2D eigenvalue weighted by Gasteiger charge is -2.20. The summed E-state index contributed by atoms with van der Waals surface area (Å²) in [4.78, 5) is 37.8. The molecule has 8 heteroatoms. The molecule has 0 bridgehead atoms. The number of aromatic nitrogens is 3. The zero-order chi connectivity index (χ0) is 22.8. The van der Waals surface area contributed by atoms with Crippen LogP contribution in [0.1, 0.15) is 41.9 Å². The molecule has 7 nitrogen and oxygen atoms in total. The predicted molar refractivity (Wildman–Crippen MR) is 131 cm³/mol. The number of ether oxygens (including phenoxy) is 1. The Morgan fingerprint density at radius 1 is 1.09 bits per heavy atom. The number of carbonyl (C=O) groups is 1. The zero-order valence-electron chi connectivity index (χ0n) is 18.6. The standard InChI is InChI=1S/C25H26N4O3S/c1-32-15-14-29(25-27-19-8-5-6-9-21(19)33-25)23(30)17-11-12-18-20(16-17)26-22-10-4-2-3-7-13-28(22)24(18)31/h5-6,8-9,11-12,16H,2-4,7,10,13-15H2,1H3. The fourth-order valence-electron chi connectivity index (χ4n) is 4.33. The molecule has 0 aliphatic carbocycles. The summed E-state index contributed by atoms with van der Waals surface area (Å²) in [6.45, 7) is 1.48. The molecule has 5 rings (SSSR count). The Morgan fingerprint density at radius 2 is 1.94 bits per heavy atom. The molecule has 0 fully saturated rings. The van der Waals surface area contributed by atoms with Gasteiger partial charge in [-0.3, -0.25) is 19.1 Å². The van der Waals surface area contributed by atoms with Crippen LogP contribution in [0.15, 0.2) is 47.3 Å². The highest BCUT2D eigenvalue weighted by Crippen LogP contribution is 2.30. The average molecular weight is 463 g/mol. The maximum absolute atomic E-state index is 13.6. The van der Waals surface area contributed by atoms with E-state index in [9.17, 15) is 9.59 Å². The molecule has 33 heavy (non-hydrogen) atoms. The van der Waals surface area contributed by atoms with Crippen LogP contribution in [0.25, 0.3) is 21.1 Å². The summed E-state index contributed by atoms with van der Waals surface area (Å²) in [5.74, 6) is 0.640. The van der Waals surface area contributed by atoms with Crippen molar-refractivity contribution in [3.05, 3.63) is 64.2 Å². The van der Waals surface area contributed by atoms with Gasteiger partial charge in [-0.1, -0.05) is 36.3 Å². The number of carbonyl (C=O) groups excluding carboxylic acids is 1. The third-order valence-corrected chi connectivity index (χ3v) is 7.15. The van der Waals surface area contributed by atoms with Crippen LogP contribution in [0.2, 0.25) is 0 Å². The lowest BCUT2D eigenvalue weighted by molar-refractivity contribution is 0.0976. The van der Waals surface area contributed by atoms with Gasteiger partial charge in [0.25, 0.3) is 11.5 Å². The second-order valence-electron chi connectivity index (χ2n) is 8.29. The smallest absolute Gasteiger partial charge is 0.261 e. The van der Waals surface area contributed by atoms with E-state index in [2.05, 4.69) is 4.98 Å². The van der Waals surface area contributed by atoms with Gasteiger partial charge in [0.05, 0.1) is 34.3 Å². The molecule has 2 aromatic heterocycles. The van der Waals surface area contributed by atoms with Gasteiger partial charge in [0.15, 0.2) is 5.13 Å². The summed E-state index contributed by atoms with van der Waals surface area (Å²) in [5, 5.41) is 1.18. The Kier molecular flexibility index (Phi) is 6.20. The summed E-state index contributed by atoms with van der Waals surface area (Å²) in [6.07, 6.45) is 5.10. The summed E-state index contributed by atoms with van der Waals surface area (Å²) in [7, 11) is 1.61. The van der Waals surface area contributed by atoms with Crippen molar-refractivity contribution in [2.45, 2.75) is 38.6 Å². The van der Waals surface area contributed by atoms with Crippen LogP contribution in [0.3, 0.4) is 0 Å². The molecule has 0 saturated heterocycles. The van der Waals surface area contributed by atoms with Crippen LogP contribution in [0, 0.1) is 0 Å². The zero-order valence-corrected chi connectivity index (χ0v) is 19.4. The minimum absolute atomic E-state index is 0.0155. The number of para-hydroxylation sites is 1. The molecule has 0 spiro atoms. The van der Waals surface area contributed by atoms with E-state index in [0.29, 0.717) is 41.3 Å². The van der Waals surface area contributed by atoms with Crippen LogP contribution < -0.4 is 10.5 Å². The first kappa shape index (κ1) is 21.7. The second kappa shape index (κ2) is 9.41. The molecule has 2 aromatic carbocycles. The van der Waals surface area contributed by atoms with E-state index >= 15 is 0 Å². The van der Waals surface area contributed by atoms with Crippen molar-refractivity contribution >= 4 is 43.5 Å². The molecule has 1 aliphatic rings. The van der Waals surface area contributed by atoms with Crippen molar-refractivity contribution in [1.29, 1.82) is 0 Å². The van der Waals surface area contributed by atoms with Crippen LogP contribution in [-0.2, 0) is 17.7 Å². The Balaban J connectivity index is 1.54. The maximum atomic E-state index is 13.6. The van der Waals surface area contributed by atoms with E-state index < -0.39 is 0 Å². The number of amides is 1. The van der Waals surface area contributed by atoms with Crippen molar-refractivity contribution < 1.29 is 9.53 Å². The van der Waals surface area contributed by atoms with Gasteiger partial charge in [-0.25, -0.2) is 9.97 Å². The molecular weight excluding hydrogens is 436 g/mol. The van der Waals surface area contributed by atoms with Crippen molar-refractivity contribution in [2.75, 3.05) is 25.2 Å². The fourth-order valence-corrected chi connectivity index (χ4v) is 5.32. The first-order valence-electron chi connectivity index (χ1n) is 11.4. The van der Waals surface area contributed by atoms with Crippen LogP contribution >= 0.6 is 11.3 Å². The van der Waals surface area contributed by atoms with Gasteiger partial charge in [-0.05, 0) is 43.2 Å². The van der Waals surface area contributed by atoms with E-state index in [1.54, 1.807) is 30.2 Å². The highest BCUT2D eigenvalue weighted by atomic mass is 32.1. The van der Waals surface area contributed by atoms with Gasteiger partial charge in [0.2, 0.25) is 0 Å². The monoisotopic (exact) mass is 462 g/mol. The third kappa shape index (κ3) is 4.28. The van der Waals surface area contributed by atoms with E-state index in [1.165, 1.54) is 11.3 Å². The van der Waals surface area contributed by atoms with Gasteiger partial charge in [-0.15, -0.1) is 0 Å². The summed E-state index contributed by atoms with van der Waals surface area (Å²) >= 11 is 1.48. The minimum Gasteiger partial charge on any atom is -0.383 e. The Labute approximate surface area is 195 Å². The van der Waals surface area contributed by atoms with E-state index in [-0.39, 0.29) is 11.5 Å². The first-order valence-corrected chi connectivity index (χ1v) is 12.2. The molecule has 0 radical (unpaired) electrons. The highest BCUT2D eigenvalue weighted by molar-refractivity contribution is 7.22. The largest absolute Gasteiger partial charge is 0.383 e. The number of fused-ring (bicyclic) bond motifs is 3. The molecular formula is C25H26N4O3S. The average Bonchev–Trinajstić information content (AvgIpc) is 3.24. The minimum atomic E-state index is -0.179. The number of rotatable bonds is 5. The van der Waals surface area contributed by atoms with E-state index in [0.717, 1.165) is 48.1 Å². The maximum Gasteiger partial charge on any atom is 0.261 e. The molecule has 0 atom stereocenters. The molecule has 0 saturated carbocycles. The quantitative estimate of drug-likeness (QED) is 0.439. The molecule has 4 aromatic rings. The fraction of sp³-hybridized carbons (Fsp3) is 0.360. The Bertz CT molecular complexity index is 1340. The van der Waals surface area contributed by atoms with E-state index in [4.69, 9.17) is 9.72 Å². The van der Waals surface area contributed by atoms with Gasteiger partial charge in [-0.2, -0.15) is 0 Å². The number of anilines is 1. The van der Waals surface area contributed by atoms with Gasteiger partial charge in [0.1, 0.15) is 5.82 Å². The number of hydrogen-bond acceptors (Lipinski definition) is 6. The summed E-state index contributed by atoms with van der Waals surface area (Å²) in [6, 6.07) is 13.0. The number of hydrogen-bond donors (Lipinski definition) is 0. The normalized spacial score (nSPS) is 14.1. The first-order chi connectivity index (χ1) is 16.2. The number of benzene rings is 2. The van der Waals surface area contributed by atoms with Crippen molar-refractivity contribution in [3.63, 3.8) is 0 Å². The predicted octanol–water partition coefficient (Wildman–Crippen LogP) is 4.42. The van der Waals surface area contributed by atoms with Crippen molar-refractivity contribution in [3.8, 4) is 0 Å². The molecule has 0 unspecified atom stereocenters. The third-order valence-electron chi connectivity index (χ3n) is 6.09. The SMILES string of the molecule is COCCN(C(=O)c1ccc2c(=O)n3c(nc2c1)CCCCCC3)c1nc2ccccc2s1. The summed E-state index contributed by atoms with van der Waals surface area (Å²) in [5.41, 5.74) is 1.91. The topological polar surface area (TPSA) is 77.3 Å². The molecule has 1 amide bonds. The lowest BCUT2D eigenvalue weighted by Crippen LogP contribution is -2.34. The Hall–Kier alpha value is -3.10. The molecule has 1 aliphatic heterocycles. The van der Waals surface area contributed by atoms with Crippen molar-refractivity contribution in [2.24, 2.45) is 0 Å². The Morgan fingerprint density at radius 3 is 2.79 bits per heavy atom. The molecule has 3 heterocycles. The number of nitrogens with zero attached hydrogens (tertiary/aromatic N) is 4. The van der Waals surface area contributed by atoms with Gasteiger partial charge >= 0.3 is 0 Å².